The lowest BCUT2D eigenvalue weighted by Crippen LogP contribution is -2.27. The number of ether oxygens (including phenoxy) is 1. The van der Waals surface area contributed by atoms with Crippen molar-refractivity contribution in [2.45, 2.75) is 18.4 Å². The third-order valence-corrected chi connectivity index (χ3v) is 4.03. The minimum atomic E-state index is -3.58. The van der Waals surface area contributed by atoms with E-state index in [1.165, 1.54) is 19.1 Å². The summed E-state index contributed by atoms with van der Waals surface area (Å²) in [6.45, 7) is 2.19. The Bertz CT molecular complexity index is 542. The number of hydrogen-bond acceptors (Lipinski definition) is 5. The summed E-state index contributed by atoms with van der Waals surface area (Å²) >= 11 is 0. The summed E-state index contributed by atoms with van der Waals surface area (Å²) in [7, 11) is -3.58. The van der Waals surface area contributed by atoms with Crippen LogP contribution in [0.5, 0.6) is 0 Å². The van der Waals surface area contributed by atoms with Gasteiger partial charge in [0, 0.05) is 20.0 Å². The van der Waals surface area contributed by atoms with Crippen LogP contribution in [0.3, 0.4) is 0 Å². The third kappa shape index (κ3) is 6.67. The van der Waals surface area contributed by atoms with Gasteiger partial charge in [0.05, 0.1) is 24.7 Å². The van der Waals surface area contributed by atoms with Crippen LogP contribution in [0, 0.1) is 0 Å². The fraction of sp³-hybridized carbons (Fsp3) is 0.462. The molecule has 0 aromatic heterocycles. The number of sulfonamides is 1. The van der Waals surface area contributed by atoms with Gasteiger partial charge in [-0.05, 0) is 17.7 Å². The van der Waals surface area contributed by atoms with E-state index >= 15 is 0 Å². The molecule has 0 aliphatic rings. The van der Waals surface area contributed by atoms with Crippen molar-refractivity contribution in [3.8, 4) is 0 Å². The molecule has 0 aliphatic heterocycles. The molecule has 0 unspecified atom stereocenters. The summed E-state index contributed by atoms with van der Waals surface area (Å²) in [6.07, 6.45) is 0. The molecule has 118 valence electrons. The Hall–Kier alpha value is -1.48. The molecule has 0 spiro atoms. The maximum atomic E-state index is 12.0. The number of carbonyl (C=O) groups excluding carboxylic acids is 1. The van der Waals surface area contributed by atoms with Crippen molar-refractivity contribution >= 4 is 15.9 Å². The molecule has 0 aliphatic carbocycles. The number of nitrogens with one attached hydrogen (secondary N) is 2. The largest absolute Gasteiger partial charge is 0.394 e. The van der Waals surface area contributed by atoms with E-state index in [-0.39, 0.29) is 37.2 Å². The van der Waals surface area contributed by atoms with Crippen molar-refractivity contribution in [2.24, 2.45) is 0 Å². The second kappa shape index (κ2) is 8.73. The Morgan fingerprint density at radius 1 is 1.24 bits per heavy atom. The highest BCUT2D eigenvalue weighted by atomic mass is 32.2. The molecule has 0 radical (unpaired) electrons. The lowest BCUT2D eigenvalue weighted by molar-refractivity contribution is -0.119. The summed E-state index contributed by atoms with van der Waals surface area (Å²) in [6, 6.07) is 6.25. The number of benzene rings is 1. The monoisotopic (exact) mass is 316 g/mol. The van der Waals surface area contributed by atoms with Crippen LogP contribution < -0.4 is 10.0 Å². The quantitative estimate of drug-likeness (QED) is 0.538. The molecule has 0 fully saturated rings. The minimum absolute atomic E-state index is 0.0947. The highest BCUT2D eigenvalue weighted by Gasteiger charge is 2.12. The molecule has 8 heteroatoms. The van der Waals surface area contributed by atoms with Gasteiger partial charge in [-0.1, -0.05) is 12.1 Å². The first-order chi connectivity index (χ1) is 9.95. The lowest BCUT2D eigenvalue weighted by atomic mass is 10.2. The van der Waals surface area contributed by atoms with Crippen LogP contribution in [0.4, 0.5) is 0 Å². The highest BCUT2D eigenvalue weighted by Crippen LogP contribution is 2.10. The van der Waals surface area contributed by atoms with Gasteiger partial charge in [0.25, 0.3) is 0 Å². The SMILES string of the molecule is CC(=O)NCc1ccc(S(=O)(=O)NCCOCCO)cc1. The zero-order valence-corrected chi connectivity index (χ0v) is 12.6. The van der Waals surface area contributed by atoms with Crippen molar-refractivity contribution in [3.05, 3.63) is 29.8 Å². The van der Waals surface area contributed by atoms with E-state index in [0.29, 0.717) is 6.54 Å². The normalized spacial score (nSPS) is 11.3. The average Bonchev–Trinajstić information content (AvgIpc) is 2.45. The number of aliphatic hydroxyl groups is 1. The topological polar surface area (TPSA) is 105 Å². The van der Waals surface area contributed by atoms with E-state index in [2.05, 4.69) is 10.0 Å². The second-order valence-corrected chi connectivity index (χ2v) is 6.05. The van der Waals surface area contributed by atoms with E-state index < -0.39 is 10.0 Å². The number of rotatable bonds is 9. The first-order valence-corrected chi connectivity index (χ1v) is 7.95. The summed E-state index contributed by atoms with van der Waals surface area (Å²) in [5.41, 5.74) is 0.815. The first kappa shape index (κ1) is 17.6. The molecular weight excluding hydrogens is 296 g/mol. The van der Waals surface area contributed by atoms with Crippen LogP contribution in [-0.2, 0) is 26.1 Å². The van der Waals surface area contributed by atoms with E-state index in [9.17, 15) is 13.2 Å². The maximum Gasteiger partial charge on any atom is 0.240 e. The van der Waals surface area contributed by atoms with Gasteiger partial charge in [0.2, 0.25) is 15.9 Å². The van der Waals surface area contributed by atoms with Crippen molar-refractivity contribution in [1.82, 2.24) is 10.0 Å². The summed E-state index contributed by atoms with van der Waals surface area (Å²) in [5.74, 6) is -0.142. The summed E-state index contributed by atoms with van der Waals surface area (Å²) in [5, 5.41) is 11.2. The highest BCUT2D eigenvalue weighted by molar-refractivity contribution is 7.89. The van der Waals surface area contributed by atoms with Gasteiger partial charge in [0.1, 0.15) is 0 Å². The van der Waals surface area contributed by atoms with Crippen molar-refractivity contribution in [1.29, 1.82) is 0 Å². The molecular formula is C13H20N2O5S. The fourth-order valence-electron chi connectivity index (χ4n) is 1.51. The Morgan fingerprint density at radius 2 is 1.90 bits per heavy atom. The van der Waals surface area contributed by atoms with Crippen LogP contribution in [-0.4, -0.2) is 45.8 Å². The maximum absolute atomic E-state index is 12.0. The molecule has 0 atom stereocenters. The van der Waals surface area contributed by atoms with Crippen LogP contribution in [0.15, 0.2) is 29.2 Å². The summed E-state index contributed by atoms with van der Waals surface area (Å²) in [4.78, 5) is 10.9. The molecule has 1 amide bonds. The van der Waals surface area contributed by atoms with E-state index in [1.807, 2.05) is 0 Å². The van der Waals surface area contributed by atoms with E-state index in [4.69, 9.17) is 9.84 Å². The molecule has 7 nitrogen and oxygen atoms in total. The standard InChI is InChI=1S/C13H20N2O5S/c1-11(17)14-10-12-2-4-13(5-3-12)21(18,19)15-6-8-20-9-7-16/h2-5,15-16H,6-10H2,1H3,(H,14,17). The Balaban J connectivity index is 2.52. The molecule has 1 aromatic rings. The van der Waals surface area contributed by atoms with Crippen LogP contribution in [0.1, 0.15) is 12.5 Å². The molecule has 21 heavy (non-hydrogen) atoms. The molecule has 0 heterocycles. The van der Waals surface area contributed by atoms with Gasteiger partial charge in [0.15, 0.2) is 0 Å². The second-order valence-electron chi connectivity index (χ2n) is 4.29. The van der Waals surface area contributed by atoms with Crippen LogP contribution >= 0.6 is 0 Å². The first-order valence-electron chi connectivity index (χ1n) is 6.47. The molecule has 0 saturated carbocycles. The van der Waals surface area contributed by atoms with Crippen LogP contribution in [0.25, 0.3) is 0 Å². The predicted octanol–water partition coefficient (Wildman–Crippen LogP) is -0.390. The number of carbonyl (C=O) groups is 1. The number of amides is 1. The van der Waals surface area contributed by atoms with Gasteiger partial charge < -0.3 is 15.2 Å². The number of hydrogen-bond donors (Lipinski definition) is 3. The molecule has 0 bridgehead atoms. The Labute approximate surface area is 124 Å². The van der Waals surface area contributed by atoms with Crippen molar-refractivity contribution in [2.75, 3.05) is 26.4 Å². The predicted molar refractivity (Wildman–Crippen MR) is 77.1 cm³/mol. The van der Waals surface area contributed by atoms with Gasteiger partial charge in [-0.2, -0.15) is 0 Å². The Kier molecular flexibility index (Phi) is 7.30. The molecule has 1 rings (SSSR count). The van der Waals surface area contributed by atoms with Gasteiger partial charge in [-0.25, -0.2) is 13.1 Å². The zero-order valence-electron chi connectivity index (χ0n) is 11.8. The van der Waals surface area contributed by atoms with Crippen LogP contribution in [0.2, 0.25) is 0 Å². The van der Waals surface area contributed by atoms with Gasteiger partial charge in [-0.3, -0.25) is 4.79 Å². The lowest BCUT2D eigenvalue weighted by Gasteiger charge is -2.08. The smallest absolute Gasteiger partial charge is 0.240 e. The van der Waals surface area contributed by atoms with Crippen molar-refractivity contribution in [3.63, 3.8) is 0 Å². The number of aliphatic hydroxyl groups excluding tert-OH is 1. The van der Waals surface area contributed by atoms with E-state index in [0.717, 1.165) is 5.56 Å². The molecule has 1 aromatic carbocycles. The van der Waals surface area contributed by atoms with Gasteiger partial charge in [-0.15, -0.1) is 0 Å². The zero-order chi connectivity index (χ0) is 15.7. The van der Waals surface area contributed by atoms with Gasteiger partial charge >= 0.3 is 0 Å². The molecule has 3 N–H and O–H groups in total. The third-order valence-electron chi connectivity index (χ3n) is 2.55. The van der Waals surface area contributed by atoms with E-state index in [1.54, 1.807) is 12.1 Å². The summed E-state index contributed by atoms with van der Waals surface area (Å²) < 4.78 is 31.3. The average molecular weight is 316 g/mol. The van der Waals surface area contributed by atoms with Crippen molar-refractivity contribution < 1.29 is 23.1 Å². The Morgan fingerprint density at radius 3 is 2.48 bits per heavy atom. The fourth-order valence-corrected chi connectivity index (χ4v) is 2.52. The molecule has 0 saturated heterocycles. The minimum Gasteiger partial charge on any atom is -0.394 e.